The first-order valence-corrected chi connectivity index (χ1v) is 12.3. The van der Waals surface area contributed by atoms with Crippen LogP contribution in [0.25, 0.3) is 0 Å². The molecule has 0 saturated carbocycles. The van der Waals surface area contributed by atoms with Gasteiger partial charge in [0.05, 0.1) is 17.5 Å². The molecular weight excluding hydrogens is 448 g/mol. The van der Waals surface area contributed by atoms with Gasteiger partial charge in [-0.15, -0.1) is 0 Å². The minimum absolute atomic E-state index is 0.0178. The molecule has 0 fully saturated rings. The molecule has 1 aromatic heterocycles. The summed E-state index contributed by atoms with van der Waals surface area (Å²) in [5.41, 5.74) is 0. The third kappa shape index (κ3) is 6.72. The summed E-state index contributed by atoms with van der Waals surface area (Å²) in [6, 6.07) is 5.29. The molecule has 0 radical (unpaired) electrons. The summed E-state index contributed by atoms with van der Waals surface area (Å²) in [5, 5.41) is 5.08. The molecule has 1 aliphatic rings. The minimum atomic E-state index is -3.98. The van der Waals surface area contributed by atoms with Crippen LogP contribution >= 0.6 is 0 Å². The average Bonchev–Trinajstić information content (AvgIpc) is 3.21. The monoisotopic (exact) mass is 476 g/mol. The van der Waals surface area contributed by atoms with E-state index in [0.29, 0.717) is 18.6 Å². The van der Waals surface area contributed by atoms with Crippen LogP contribution in [-0.4, -0.2) is 49.6 Å². The van der Waals surface area contributed by atoms with Gasteiger partial charge in [-0.05, 0) is 30.9 Å². The van der Waals surface area contributed by atoms with E-state index in [-0.39, 0.29) is 36.1 Å². The Morgan fingerprint density at radius 3 is 2.67 bits per heavy atom. The summed E-state index contributed by atoms with van der Waals surface area (Å²) in [4.78, 5) is 42.3. The summed E-state index contributed by atoms with van der Waals surface area (Å²) >= 11 is 0. The molecule has 2 bridgehead atoms. The van der Waals surface area contributed by atoms with Crippen molar-refractivity contribution in [3.05, 3.63) is 48.2 Å². The number of nitrogens with one attached hydrogen (secondary N) is 3. The summed E-state index contributed by atoms with van der Waals surface area (Å²) in [7, 11) is -3.98. The van der Waals surface area contributed by atoms with Gasteiger partial charge in [0.25, 0.3) is 5.91 Å². The SMILES string of the molecule is CC(C)CC(NS(=O)(=O)c1ccccc1)C(=O)NC1Cc2ncc(o2)CCCNC(=O)C1=O. The number of hydrogen-bond donors (Lipinski definition) is 3. The fourth-order valence-corrected chi connectivity index (χ4v) is 4.69. The zero-order valence-corrected chi connectivity index (χ0v) is 19.4. The second-order valence-electron chi connectivity index (χ2n) is 8.33. The van der Waals surface area contributed by atoms with Crippen LogP contribution in [0.15, 0.2) is 45.8 Å². The number of amides is 2. The van der Waals surface area contributed by atoms with Gasteiger partial charge < -0.3 is 15.1 Å². The molecule has 3 N–H and O–H groups in total. The Morgan fingerprint density at radius 2 is 1.97 bits per heavy atom. The Hall–Kier alpha value is -3.05. The predicted octanol–water partition coefficient (Wildman–Crippen LogP) is 0.727. The van der Waals surface area contributed by atoms with E-state index < -0.39 is 39.7 Å². The van der Waals surface area contributed by atoms with Gasteiger partial charge >= 0.3 is 0 Å². The molecule has 0 aliphatic carbocycles. The molecule has 10 nitrogen and oxygen atoms in total. The summed E-state index contributed by atoms with van der Waals surface area (Å²) in [6.07, 6.45) is 2.74. The van der Waals surface area contributed by atoms with Crippen molar-refractivity contribution >= 4 is 27.6 Å². The van der Waals surface area contributed by atoms with E-state index in [2.05, 4.69) is 20.3 Å². The van der Waals surface area contributed by atoms with Crippen molar-refractivity contribution in [3.63, 3.8) is 0 Å². The lowest BCUT2D eigenvalue weighted by Crippen LogP contribution is -2.54. The lowest BCUT2D eigenvalue weighted by molar-refractivity contribution is -0.140. The standard InChI is InChI=1S/C22H28N4O6S/c1-14(2)11-18(26-33(30,31)16-8-4-3-5-9-16)21(28)25-17-12-19-24-13-15(32-19)7-6-10-23-22(29)20(17)27/h3-5,8-9,13-14,17-18,26H,6-7,10-12H2,1-2H3,(H,23,29)(H,25,28). The Balaban J connectivity index is 1.82. The molecule has 2 atom stereocenters. The minimum Gasteiger partial charge on any atom is -0.446 e. The topological polar surface area (TPSA) is 147 Å². The Kier molecular flexibility index (Phi) is 7.98. The highest BCUT2D eigenvalue weighted by atomic mass is 32.2. The molecule has 1 aliphatic heterocycles. The Morgan fingerprint density at radius 1 is 1.24 bits per heavy atom. The van der Waals surface area contributed by atoms with E-state index in [0.717, 1.165) is 0 Å². The number of benzene rings is 1. The summed E-state index contributed by atoms with van der Waals surface area (Å²) < 4.78 is 33.6. The molecular formula is C22H28N4O6S. The maximum atomic E-state index is 13.1. The number of Topliss-reactive ketones (excluding diaryl/α,β-unsaturated/α-hetero) is 1. The number of nitrogens with zero attached hydrogens (tertiary/aromatic N) is 1. The number of hydrogen-bond acceptors (Lipinski definition) is 7. The molecule has 3 rings (SSSR count). The van der Waals surface area contributed by atoms with Crippen molar-refractivity contribution in [3.8, 4) is 0 Å². The third-order valence-corrected chi connectivity index (χ3v) is 6.58. The number of sulfonamides is 1. The first-order chi connectivity index (χ1) is 15.7. The number of carbonyl (C=O) groups is 3. The van der Waals surface area contributed by atoms with Crippen molar-refractivity contribution in [1.29, 1.82) is 0 Å². The first-order valence-electron chi connectivity index (χ1n) is 10.8. The van der Waals surface area contributed by atoms with Gasteiger partial charge in [-0.1, -0.05) is 32.0 Å². The number of aromatic nitrogens is 1. The lowest BCUT2D eigenvalue weighted by atomic mass is 10.0. The van der Waals surface area contributed by atoms with Gasteiger partial charge in [-0.25, -0.2) is 13.4 Å². The van der Waals surface area contributed by atoms with Crippen molar-refractivity contribution in [2.24, 2.45) is 5.92 Å². The highest BCUT2D eigenvalue weighted by Gasteiger charge is 2.33. The van der Waals surface area contributed by atoms with Crippen LogP contribution in [-0.2, 0) is 37.2 Å². The number of rotatable bonds is 7. The van der Waals surface area contributed by atoms with Gasteiger partial charge in [0, 0.05) is 13.0 Å². The fourth-order valence-electron chi connectivity index (χ4n) is 3.46. The summed E-state index contributed by atoms with van der Waals surface area (Å²) in [5.74, 6) is -1.58. The van der Waals surface area contributed by atoms with Gasteiger partial charge in [-0.3, -0.25) is 14.4 Å². The average molecular weight is 477 g/mol. The molecule has 1 aromatic carbocycles. The highest BCUT2D eigenvalue weighted by molar-refractivity contribution is 7.89. The Bertz CT molecular complexity index is 1100. The van der Waals surface area contributed by atoms with Crippen molar-refractivity contribution in [2.75, 3.05) is 6.54 Å². The smallest absolute Gasteiger partial charge is 0.289 e. The van der Waals surface area contributed by atoms with E-state index in [4.69, 9.17) is 4.42 Å². The molecule has 2 aromatic rings. The van der Waals surface area contributed by atoms with Crippen LogP contribution in [0.5, 0.6) is 0 Å². The largest absolute Gasteiger partial charge is 0.446 e. The van der Waals surface area contributed by atoms with Gasteiger partial charge in [0.1, 0.15) is 17.8 Å². The number of ketones is 1. The number of carbonyl (C=O) groups excluding carboxylic acids is 3. The van der Waals surface area contributed by atoms with Crippen molar-refractivity contribution in [2.45, 2.75) is 56.5 Å². The van der Waals surface area contributed by atoms with E-state index in [1.54, 1.807) is 24.4 Å². The second-order valence-corrected chi connectivity index (χ2v) is 10.0. The van der Waals surface area contributed by atoms with Gasteiger partial charge in [0.2, 0.25) is 21.7 Å². The molecule has 11 heteroatoms. The Labute approximate surface area is 192 Å². The lowest BCUT2D eigenvalue weighted by Gasteiger charge is -2.23. The van der Waals surface area contributed by atoms with Crippen molar-refractivity contribution < 1.29 is 27.2 Å². The number of fused-ring (bicyclic) bond motifs is 2. The first kappa shape index (κ1) is 24.6. The van der Waals surface area contributed by atoms with Crippen LogP contribution in [0.1, 0.15) is 38.3 Å². The fraction of sp³-hybridized carbons (Fsp3) is 0.455. The van der Waals surface area contributed by atoms with Gasteiger partial charge in [0.15, 0.2) is 5.89 Å². The quantitative estimate of drug-likeness (QED) is 0.499. The zero-order valence-electron chi connectivity index (χ0n) is 18.5. The molecule has 0 spiro atoms. The van der Waals surface area contributed by atoms with E-state index in [1.807, 2.05) is 13.8 Å². The maximum absolute atomic E-state index is 13.1. The van der Waals surface area contributed by atoms with Crippen LogP contribution in [0.4, 0.5) is 0 Å². The van der Waals surface area contributed by atoms with Crippen molar-refractivity contribution in [1.82, 2.24) is 20.3 Å². The third-order valence-electron chi connectivity index (χ3n) is 5.10. The zero-order chi connectivity index (χ0) is 24.0. The second kappa shape index (κ2) is 10.7. The van der Waals surface area contributed by atoms with Crippen LogP contribution in [0.2, 0.25) is 0 Å². The van der Waals surface area contributed by atoms with E-state index in [9.17, 15) is 22.8 Å². The normalized spacial score (nSPS) is 18.3. The van der Waals surface area contributed by atoms with E-state index in [1.165, 1.54) is 12.1 Å². The predicted molar refractivity (Wildman–Crippen MR) is 118 cm³/mol. The highest BCUT2D eigenvalue weighted by Crippen LogP contribution is 2.14. The molecule has 2 heterocycles. The summed E-state index contributed by atoms with van der Waals surface area (Å²) in [6.45, 7) is 3.96. The van der Waals surface area contributed by atoms with Crippen LogP contribution in [0, 0.1) is 5.92 Å². The molecule has 2 amide bonds. The molecule has 33 heavy (non-hydrogen) atoms. The number of oxazole rings is 1. The molecule has 178 valence electrons. The number of aryl methyl sites for hydroxylation is 1. The van der Waals surface area contributed by atoms with Crippen LogP contribution in [0.3, 0.4) is 0 Å². The molecule has 0 saturated heterocycles. The van der Waals surface area contributed by atoms with Crippen LogP contribution < -0.4 is 15.4 Å². The maximum Gasteiger partial charge on any atom is 0.289 e. The van der Waals surface area contributed by atoms with Gasteiger partial charge in [-0.2, -0.15) is 4.72 Å². The van der Waals surface area contributed by atoms with E-state index >= 15 is 0 Å². The molecule has 2 unspecified atom stereocenters.